The van der Waals surface area contributed by atoms with Crippen LogP contribution in [-0.2, 0) is 13.5 Å². The number of carbonyl (C=O) groups is 1. The number of carboxylic acids is 1. The van der Waals surface area contributed by atoms with Crippen molar-refractivity contribution in [2.24, 2.45) is 7.05 Å². The molecule has 6 nitrogen and oxygen atoms in total. The second-order valence-electron chi connectivity index (χ2n) is 4.54. The van der Waals surface area contributed by atoms with Gasteiger partial charge in [0.1, 0.15) is 11.3 Å². The van der Waals surface area contributed by atoms with E-state index in [1.54, 1.807) is 16.8 Å². The Morgan fingerprint density at radius 1 is 1.35 bits per heavy atom. The van der Waals surface area contributed by atoms with E-state index in [-0.39, 0.29) is 5.56 Å². The van der Waals surface area contributed by atoms with Crippen LogP contribution in [0.2, 0.25) is 0 Å². The van der Waals surface area contributed by atoms with Crippen molar-refractivity contribution in [3.05, 3.63) is 41.9 Å². The highest BCUT2D eigenvalue weighted by Gasteiger charge is 2.17. The molecule has 0 unspecified atom stereocenters. The van der Waals surface area contributed by atoms with Crippen LogP contribution < -0.4 is 0 Å². The van der Waals surface area contributed by atoms with E-state index in [4.69, 9.17) is 0 Å². The molecule has 0 aliphatic carbocycles. The van der Waals surface area contributed by atoms with E-state index >= 15 is 0 Å². The molecule has 0 aliphatic heterocycles. The quantitative estimate of drug-likeness (QED) is 0.790. The maximum absolute atomic E-state index is 11.3. The molecule has 0 aliphatic rings. The number of fused-ring (bicyclic) bond motifs is 1. The Bertz CT molecular complexity index is 801. The summed E-state index contributed by atoms with van der Waals surface area (Å²) in [5.41, 5.74) is 1.48. The van der Waals surface area contributed by atoms with Gasteiger partial charge in [0.2, 0.25) is 0 Å². The van der Waals surface area contributed by atoms with Crippen LogP contribution in [0.25, 0.3) is 16.9 Å². The predicted molar refractivity (Wildman–Crippen MR) is 74.2 cm³/mol. The molecule has 0 spiro atoms. The van der Waals surface area contributed by atoms with Crippen LogP contribution in [0.4, 0.5) is 0 Å². The predicted octanol–water partition coefficient (Wildman–Crippen LogP) is 2.02. The fourth-order valence-electron chi connectivity index (χ4n) is 2.33. The van der Waals surface area contributed by atoms with E-state index < -0.39 is 5.97 Å². The van der Waals surface area contributed by atoms with E-state index in [0.717, 1.165) is 17.2 Å². The number of hydrogen-bond acceptors (Lipinski definition) is 3. The van der Waals surface area contributed by atoms with E-state index in [1.807, 2.05) is 36.9 Å². The van der Waals surface area contributed by atoms with E-state index in [0.29, 0.717) is 11.9 Å². The summed E-state index contributed by atoms with van der Waals surface area (Å²) in [7, 11) is 1.84. The van der Waals surface area contributed by atoms with Crippen molar-refractivity contribution in [1.82, 2.24) is 19.3 Å². The van der Waals surface area contributed by atoms with Crippen molar-refractivity contribution in [2.45, 2.75) is 13.3 Å². The number of rotatable bonds is 3. The summed E-state index contributed by atoms with van der Waals surface area (Å²) in [5, 5.41) is 13.6. The minimum atomic E-state index is -0.969. The molecule has 0 fully saturated rings. The fourth-order valence-corrected chi connectivity index (χ4v) is 2.33. The topological polar surface area (TPSA) is 72.9 Å². The molecule has 0 saturated carbocycles. The summed E-state index contributed by atoms with van der Waals surface area (Å²) in [6.45, 7) is 1.99. The third-order valence-electron chi connectivity index (χ3n) is 3.23. The van der Waals surface area contributed by atoms with Crippen LogP contribution in [0.15, 0.2) is 30.5 Å². The van der Waals surface area contributed by atoms with Gasteiger partial charge in [-0.3, -0.25) is 9.25 Å². The Morgan fingerprint density at radius 2 is 2.15 bits per heavy atom. The molecule has 1 N–H and O–H groups in total. The second kappa shape index (κ2) is 4.48. The van der Waals surface area contributed by atoms with Crippen LogP contribution in [0.5, 0.6) is 0 Å². The lowest BCUT2D eigenvalue weighted by molar-refractivity contribution is 0.0699. The molecule has 0 atom stereocenters. The molecule has 20 heavy (non-hydrogen) atoms. The van der Waals surface area contributed by atoms with E-state index in [9.17, 15) is 9.90 Å². The number of para-hydroxylation sites is 1. The molecule has 102 valence electrons. The van der Waals surface area contributed by atoms with Gasteiger partial charge in [0, 0.05) is 25.7 Å². The Hall–Kier alpha value is -2.63. The highest BCUT2D eigenvalue weighted by atomic mass is 16.4. The Labute approximate surface area is 115 Å². The fraction of sp³-hybridized carbons (Fsp3) is 0.214. The minimum Gasteiger partial charge on any atom is -0.478 e. The van der Waals surface area contributed by atoms with Gasteiger partial charge < -0.3 is 5.11 Å². The Morgan fingerprint density at radius 3 is 2.75 bits per heavy atom. The maximum Gasteiger partial charge on any atom is 0.337 e. The van der Waals surface area contributed by atoms with Crippen molar-refractivity contribution in [3.63, 3.8) is 0 Å². The zero-order valence-electron chi connectivity index (χ0n) is 11.2. The molecule has 3 aromatic rings. The van der Waals surface area contributed by atoms with Gasteiger partial charge in [-0.2, -0.15) is 5.10 Å². The van der Waals surface area contributed by atoms with Crippen LogP contribution in [0, 0.1) is 0 Å². The summed E-state index contributed by atoms with van der Waals surface area (Å²) in [4.78, 5) is 15.8. The number of aromatic carboxylic acids is 1. The molecular weight excluding hydrogens is 256 g/mol. The third-order valence-corrected chi connectivity index (χ3v) is 3.23. The van der Waals surface area contributed by atoms with Gasteiger partial charge in [0.25, 0.3) is 0 Å². The van der Waals surface area contributed by atoms with Crippen LogP contribution in [0.1, 0.15) is 23.1 Å². The van der Waals surface area contributed by atoms with Gasteiger partial charge in [-0.15, -0.1) is 0 Å². The minimum absolute atomic E-state index is 0.215. The number of benzene rings is 1. The highest BCUT2D eigenvalue weighted by molar-refractivity contribution is 6.01. The maximum atomic E-state index is 11.3. The first-order valence-electron chi connectivity index (χ1n) is 6.35. The molecule has 1 aromatic carbocycles. The number of carboxylic acid groups (broad SMARTS) is 1. The summed E-state index contributed by atoms with van der Waals surface area (Å²) >= 11 is 0. The molecule has 6 heteroatoms. The normalized spacial score (nSPS) is 11.1. The number of hydrogen-bond donors (Lipinski definition) is 1. The van der Waals surface area contributed by atoms with Gasteiger partial charge in [-0.1, -0.05) is 13.0 Å². The van der Waals surface area contributed by atoms with Crippen LogP contribution in [-0.4, -0.2) is 30.4 Å². The summed E-state index contributed by atoms with van der Waals surface area (Å²) < 4.78 is 3.61. The molecule has 0 saturated heterocycles. The van der Waals surface area contributed by atoms with Gasteiger partial charge >= 0.3 is 5.97 Å². The first-order chi connectivity index (χ1) is 9.61. The zero-order chi connectivity index (χ0) is 14.3. The number of imidazole rings is 1. The summed E-state index contributed by atoms with van der Waals surface area (Å²) in [6, 6.07) is 7.04. The first kappa shape index (κ1) is 12.4. The van der Waals surface area contributed by atoms with E-state index in [2.05, 4.69) is 10.1 Å². The SMILES string of the molecule is CCc1nc2c(C(=O)O)cccc2n1-c1ccn(C)n1. The number of aromatic nitrogens is 4. The van der Waals surface area contributed by atoms with Gasteiger partial charge in [0.15, 0.2) is 5.82 Å². The second-order valence-corrected chi connectivity index (χ2v) is 4.54. The lowest BCUT2D eigenvalue weighted by Gasteiger charge is -2.04. The van der Waals surface area contributed by atoms with Crippen molar-refractivity contribution in [3.8, 4) is 5.82 Å². The average molecular weight is 270 g/mol. The first-order valence-corrected chi connectivity index (χ1v) is 6.35. The molecule has 0 radical (unpaired) electrons. The van der Waals surface area contributed by atoms with E-state index in [1.165, 1.54) is 0 Å². The van der Waals surface area contributed by atoms with Crippen LogP contribution in [0.3, 0.4) is 0 Å². The van der Waals surface area contributed by atoms with Gasteiger partial charge in [0.05, 0.1) is 11.1 Å². The molecule has 2 heterocycles. The molecule has 0 amide bonds. The van der Waals surface area contributed by atoms with Gasteiger partial charge in [-0.25, -0.2) is 9.78 Å². The van der Waals surface area contributed by atoms with Crippen molar-refractivity contribution >= 4 is 17.0 Å². The molecule has 0 bridgehead atoms. The standard InChI is InChI=1S/C14H14N4O2/c1-3-11-15-13-9(14(19)20)5-4-6-10(13)18(11)12-7-8-17(2)16-12/h4-8H,3H2,1-2H3,(H,19,20). The Balaban J connectivity index is 2.36. The van der Waals surface area contributed by atoms with Crippen molar-refractivity contribution in [2.75, 3.05) is 0 Å². The lowest BCUT2D eigenvalue weighted by atomic mass is 10.2. The lowest BCUT2D eigenvalue weighted by Crippen LogP contribution is -2.02. The summed E-state index contributed by atoms with van der Waals surface area (Å²) in [6.07, 6.45) is 2.55. The highest BCUT2D eigenvalue weighted by Crippen LogP contribution is 2.23. The monoisotopic (exact) mass is 270 g/mol. The largest absolute Gasteiger partial charge is 0.478 e. The smallest absolute Gasteiger partial charge is 0.337 e. The Kier molecular flexibility index (Phi) is 2.78. The molecular formula is C14H14N4O2. The van der Waals surface area contributed by atoms with Gasteiger partial charge in [-0.05, 0) is 12.1 Å². The third kappa shape index (κ3) is 1.77. The number of nitrogens with zero attached hydrogens (tertiary/aromatic N) is 4. The average Bonchev–Trinajstić information content (AvgIpc) is 3.00. The number of aryl methyl sites for hydroxylation is 2. The van der Waals surface area contributed by atoms with Crippen molar-refractivity contribution < 1.29 is 9.90 Å². The zero-order valence-corrected chi connectivity index (χ0v) is 11.2. The molecule has 3 rings (SSSR count). The molecule has 2 aromatic heterocycles. The van der Waals surface area contributed by atoms with Crippen molar-refractivity contribution in [1.29, 1.82) is 0 Å². The summed E-state index contributed by atoms with van der Waals surface area (Å²) in [5.74, 6) is 0.575. The van der Waals surface area contributed by atoms with Crippen LogP contribution >= 0.6 is 0 Å².